The van der Waals surface area contributed by atoms with Crippen molar-refractivity contribution in [1.29, 1.82) is 0 Å². The Morgan fingerprint density at radius 1 is 0.254 bits per heavy atom. The smallest absolute Gasteiger partial charge is 0.0321 e. The summed E-state index contributed by atoms with van der Waals surface area (Å²) in [7, 11) is 0. The van der Waals surface area contributed by atoms with E-state index in [1.807, 2.05) is 0 Å². The van der Waals surface area contributed by atoms with Crippen LogP contribution in [-0.4, -0.2) is 0 Å². The van der Waals surface area contributed by atoms with Crippen molar-refractivity contribution in [3.63, 3.8) is 0 Å². The molecule has 0 saturated heterocycles. The second-order valence-corrected chi connectivity index (χ2v) is 26.7. The van der Waals surface area contributed by atoms with Crippen molar-refractivity contribution < 1.29 is 0 Å². The van der Waals surface area contributed by atoms with Gasteiger partial charge in [-0.15, -0.1) is 0 Å². The van der Waals surface area contributed by atoms with Crippen LogP contribution in [-0.2, 0) is 0 Å². The Bertz CT molecular complexity index is 1400. The largest absolute Gasteiger partial charge is 0.0651 e. The first-order chi connectivity index (χ1) is 29.1. The van der Waals surface area contributed by atoms with E-state index in [9.17, 15) is 0 Å². The van der Waals surface area contributed by atoms with Crippen molar-refractivity contribution in [3.8, 4) is 0 Å². The van der Waals surface area contributed by atoms with Gasteiger partial charge in [-0.3, -0.25) is 0 Å². The minimum absolute atomic E-state index is 1.02. The van der Waals surface area contributed by atoms with Crippen LogP contribution < -0.4 is 0 Å². The van der Waals surface area contributed by atoms with Gasteiger partial charge in [0.1, 0.15) is 0 Å². The molecule has 0 N–H and O–H groups in total. The summed E-state index contributed by atoms with van der Waals surface area (Å²) in [6.45, 7) is 5.50. The Hall–Kier alpha value is 0. The van der Waals surface area contributed by atoms with Crippen LogP contribution in [0.5, 0.6) is 0 Å². The maximum absolute atomic E-state index is 2.89. The van der Waals surface area contributed by atoms with Crippen molar-refractivity contribution in [2.45, 2.75) is 226 Å². The lowest BCUT2D eigenvalue weighted by Crippen LogP contribution is -2.55. The van der Waals surface area contributed by atoms with Gasteiger partial charge < -0.3 is 0 Å². The second kappa shape index (κ2) is 17.1. The fourth-order valence-corrected chi connectivity index (χ4v) is 23.3. The summed E-state index contributed by atoms with van der Waals surface area (Å²) in [5, 5.41) is 0. The molecule has 0 radical (unpaired) electrons. The fourth-order valence-electron chi connectivity index (χ4n) is 23.3. The summed E-state index contributed by atoms with van der Waals surface area (Å²) in [6, 6.07) is 0. The molecule has 0 aliphatic heterocycles. The molecule has 0 spiro atoms. The molecule has 0 heteroatoms. The summed E-state index contributed by atoms with van der Waals surface area (Å²) >= 11 is 0. The van der Waals surface area contributed by atoms with E-state index in [4.69, 9.17) is 0 Å². The van der Waals surface area contributed by atoms with Gasteiger partial charge in [0.15, 0.2) is 0 Å². The Morgan fingerprint density at radius 2 is 0.593 bits per heavy atom. The van der Waals surface area contributed by atoms with E-state index in [-0.39, 0.29) is 0 Å². The molecule has 0 aromatic heterocycles. The quantitative estimate of drug-likeness (QED) is 0.260. The number of hydrogen-bond donors (Lipinski definition) is 0. The van der Waals surface area contributed by atoms with Crippen LogP contribution in [0.15, 0.2) is 0 Å². The summed E-state index contributed by atoms with van der Waals surface area (Å²) in [5.74, 6) is 26.7. The molecule has 12 aliphatic carbocycles. The van der Waals surface area contributed by atoms with Crippen LogP contribution in [0.25, 0.3) is 0 Å². The maximum Gasteiger partial charge on any atom is -0.0321 e. The van der Waals surface area contributed by atoms with Gasteiger partial charge in [-0.1, -0.05) is 71.6 Å². The highest BCUT2D eigenvalue weighted by Gasteiger charge is 2.59. The molecule has 22 atom stereocenters. The van der Waals surface area contributed by atoms with Crippen LogP contribution in [0, 0.1) is 142 Å². The summed E-state index contributed by atoms with van der Waals surface area (Å²) < 4.78 is 0. The lowest BCUT2D eigenvalue weighted by molar-refractivity contribution is -0.137. The molecule has 20 unspecified atom stereocenters. The first kappa shape index (κ1) is 40.5. The molecule has 0 nitrogen and oxygen atoms in total. The molecular weight excluding hydrogens is 709 g/mol. The third-order valence-electron chi connectivity index (χ3n) is 25.5. The highest BCUT2D eigenvalue weighted by atomic mass is 14.6. The van der Waals surface area contributed by atoms with Crippen LogP contribution in [0.4, 0.5) is 0 Å². The van der Waals surface area contributed by atoms with E-state index in [1.54, 1.807) is 205 Å². The summed E-state index contributed by atoms with van der Waals surface area (Å²) in [4.78, 5) is 0. The van der Waals surface area contributed by atoms with E-state index in [1.165, 1.54) is 12.3 Å². The van der Waals surface area contributed by atoms with E-state index >= 15 is 0 Å². The fraction of sp³-hybridized carbons (Fsp3) is 1.00. The van der Waals surface area contributed by atoms with Gasteiger partial charge in [0, 0.05) is 0 Å². The van der Waals surface area contributed by atoms with E-state index < -0.39 is 0 Å². The second-order valence-electron chi connectivity index (χ2n) is 26.7. The normalized spacial score (nSPS) is 57.3. The van der Waals surface area contributed by atoms with Gasteiger partial charge in [-0.2, -0.15) is 0 Å². The molecule has 12 rings (SSSR count). The molecule has 12 saturated carbocycles. The minimum atomic E-state index is 1.02. The van der Waals surface area contributed by atoms with Crippen LogP contribution in [0.1, 0.15) is 226 Å². The first-order valence-corrected chi connectivity index (χ1v) is 29.1. The Kier molecular flexibility index (Phi) is 11.7. The van der Waals surface area contributed by atoms with Crippen molar-refractivity contribution >= 4 is 0 Å². The molecule has 59 heavy (non-hydrogen) atoms. The summed E-state index contributed by atoms with van der Waals surface area (Å²) in [6.07, 6.45) is 53.3. The van der Waals surface area contributed by atoms with Crippen LogP contribution in [0.2, 0.25) is 0 Å². The Labute approximate surface area is 366 Å². The average Bonchev–Trinajstić information content (AvgIpc) is 3.30. The first-order valence-electron chi connectivity index (χ1n) is 29.1. The predicted molar refractivity (Wildman–Crippen MR) is 247 cm³/mol. The zero-order valence-electron chi connectivity index (χ0n) is 39.2. The highest BCUT2D eigenvalue weighted by Crippen LogP contribution is 2.67. The molecular formula is C59H96. The zero-order valence-corrected chi connectivity index (χ0v) is 39.2. The maximum atomic E-state index is 2.89. The average molecular weight is 805 g/mol. The van der Waals surface area contributed by atoms with Gasteiger partial charge in [-0.05, 0) is 296 Å². The molecule has 12 aliphatic rings. The Balaban J connectivity index is 0.704. The van der Waals surface area contributed by atoms with Gasteiger partial charge >= 0.3 is 0 Å². The highest BCUT2D eigenvalue weighted by molar-refractivity contribution is 5.08. The summed E-state index contributed by atoms with van der Waals surface area (Å²) in [5.41, 5.74) is 0. The lowest BCUT2D eigenvalue weighted by atomic mass is 9.42. The molecule has 0 aromatic rings. The van der Waals surface area contributed by atoms with Gasteiger partial charge in [0.25, 0.3) is 0 Å². The third kappa shape index (κ3) is 7.19. The van der Waals surface area contributed by atoms with Gasteiger partial charge in [0.2, 0.25) is 0 Å². The number of hydrogen-bond acceptors (Lipinski definition) is 0. The molecule has 0 heterocycles. The zero-order chi connectivity index (χ0) is 39.2. The minimum Gasteiger partial charge on any atom is -0.0651 e. The van der Waals surface area contributed by atoms with Crippen molar-refractivity contribution in [2.75, 3.05) is 0 Å². The van der Waals surface area contributed by atoms with Crippen LogP contribution >= 0.6 is 0 Å². The molecule has 332 valence electrons. The van der Waals surface area contributed by atoms with Gasteiger partial charge in [-0.25, -0.2) is 0 Å². The van der Waals surface area contributed by atoms with E-state index in [2.05, 4.69) is 13.8 Å². The SMILES string of the molecule is CCC1CCC(C2CC[C@H]3CCCCC3C2)C2CCC3CCC(C4CCC(C5CCC6CCC7C(C8CCC9CCCCC9C8)CCC8CCC5[C@@H]6C87)CC4)C(C)C3C12. The molecule has 0 amide bonds. The third-order valence-corrected chi connectivity index (χ3v) is 25.5. The van der Waals surface area contributed by atoms with Crippen LogP contribution in [0.3, 0.4) is 0 Å². The molecule has 0 aromatic carbocycles. The monoisotopic (exact) mass is 805 g/mol. The Morgan fingerprint density at radius 3 is 1.10 bits per heavy atom. The number of fused-ring (bicyclic) bond motifs is 5. The van der Waals surface area contributed by atoms with Crippen molar-refractivity contribution in [1.82, 2.24) is 0 Å². The van der Waals surface area contributed by atoms with E-state index in [0.717, 1.165) is 136 Å². The number of rotatable bonds is 5. The molecule has 0 bridgehead atoms. The standard InChI is InChI=1S/C59H96/c1-3-37-20-28-51(47-18-12-38-8-4-6-10-45(38)34-47)54-31-24-42-21-27-49(36(2)56(42)57(37)54)40-14-16-41(17-15-40)50-29-22-43-26-33-55-52(30-23-44-25-32-53(50)58(43)59(44)55)48-19-13-39-9-5-7-11-46(39)35-48/h36-59H,3-35H2,1-2H3/t36?,37?,38-,39?,40?,41?,42?,43?,44?,45?,46?,47?,48?,49?,50?,51?,52?,53?,54?,55?,56?,57?,58-,59?/m1/s1. The predicted octanol–water partition coefficient (Wildman–Crippen LogP) is 16.9. The van der Waals surface area contributed by atoms with E-state index in [0.29, 0.717) is 0 Å². The van der Waals surface area contributed by atoms with Crippen molar-refractivity contribution in [3.05, 3.63) is 0 Å². The lowest BCUT2D eigenvalue weighted by Gasteiger charge is -2.63. The van der Waals surface area contributed by atoms with Gasteiger partial charge in [0.05, 0.1) is 0 Å². The molecule has 12 fully saturated rings. The topological polar surface area (TPSA) is 0 Å². The van der Waals surface area contributed by atoms with Crippen molar-refractivity contribution in [2.24, 2.45) is 142 Å².